The van der Waals surface area contributed by atoms with E-state index in [2.05, 4.69) is 32.0 Å². The highest BCUT2D eigenvalue weighted by Gasteiger charge is 2.12. The smallest absolute Gasteiger partial charge is 0.251 e. The van der Waals surface area contributed by atoms with Crippen molar-refractivity contribution in [3.8, 4) is 22.6 Å². The van der Waals surface area contributed by atoms with Gasteiger partial charge in [0.25, 0.3) is 5.56 Å². The zero-order valence-corrected chi connectivity index (χ0v) is 14.7. The maximum Gasteiger partial charge on any atom is 0.251 e. The molecule has 3 heterocycles. The zero-order chi connectivity index (χ0) is 17.8. The van der Waals surface area contributed by atoms with Gasteiger partial charge in [-0.05, 0) is 49.7 Å². The van der Waals surface area contributed by atoms with Crippen molar-refractivity contribution in [2.45, 2.75) is 25.8 Å². The highest BCUT2D eigenvalue weighted by atomic mass is 16.1. The number of pyridine rings is 1. The van der Waals surface area contributed by atoms with Gasteiger partial charge in [-0.3, -0.25) is 14.7 Å². The molecule has 2 aromatic heterocycles. The lowest BCUT2D eigenvalue weighted by molar-refractivity contribution is 0.221. The molecule has 0 saturated carbocycles. The van der Waals surface area contributed by atoms with E-state index in [1.807, 2.05) is 24.3 Å². The number of H-pyrrole nitrogens is 1. The average molecular weight is 346 g/mol. The van der Waals surface area contributed by atoms with Gasteiger partial charge in [0.2, 0.25) is 0 Å². The Bertz CT molecular complexity index is 930. The Morgan fingerprint density at radius 3 is 2.58 bits per heavy atom. The third-order valence-corrected chi connectivity index (χ3v) is 4.77. The molecule has 132 valence electrons. The predicted molar refractivity (Wildman–Crippen MR) is 103 cm³/mol. The maximum atomic E-state index is 12.1. The predicted octanol–water partition coefficient (Wildman–Crippen LogP) is 3.48. The van der Waals surface area contributed by atoms with Crippen molar-refractivity contribution in [2.75, 3.05) is 13.1 Å². The minimum atomic E-state index is -0.150. The lowest BCUT2D eigenvalue weighted by Gasteiger charge is -2.26. The van der Waals surface area contributed by atoms with Crippen LogP contribution >= 0.6 is 0 Å². The van der Waals surface area contributed by atoms with Crippen LogP contribution in [0.15, 0.2) is 59.7 Å². The van der Waals surface area contributed by atoms with E-state index in [4.69, 9.17) is 0 Å². The van der Waals surface area contributed by atoms with Crippen LogP contribution in [0.4, 0.5) is 0 Å². The minimum absolute atomic E-state index is 0.150. The van der Waals surface area contributed by atoms with Crippen LogP contribution in [0, 0.1) is 0 Å². The molecule has 1 N–H and O–H groups in total. The fourth-order valence-electron chi connectivity index (χ4n) is 3.46. The molecule has 0 amide bonds. The largest absolute Gasteiger partial charge is 0.306 e. The van der Waals surface area contributed by atoms with E-state index in [0.717, 1.165) is 30.8 Å². The Balaban J connectivity index is 1.64. The van der Waals surface area contributed by atoms with Gasteiger partial charge in [0.05, 0.1) is 5.69 Å². The molecule has 0 spiro atoms. The van der Waals surface area contributed by atoms with E-state index in [-0.39, 0.29) is 5.56 Å². The topological polar surface area (TPSA) is 61.9 Å². The summed E-state index contributed by atoms with van der Waals surface area (Å²) in [4.78, 5) is 26.2. The first kappa shape index (κ1) is 16.7. The minimum Gasteiger partial charge on any atom is -0.306 e. The van der Waals surface area contributed by atoms with Crippen molar-refractivity contribution < 1.29 is 0 Å². The lowest BCUT2D eigenvalue weighted by atomic mass is 10.1. The number of likely N-dealkylation sites (tertiary alicyclic amines) is 1. The second-order valence-electron chi connectivity index (χ2n) is 6.75. The molecule has 3 aromatic rings. The van der Waals surface area contributed by atoms with Crippen molar-refractivity contribution in [3.05, 3.63) is 70.8 Å². The standard InChI is InChI=1S/C21H22N4O/c26-20-14-19(17-7-9-22-10-8-17)23-21(24-20)18-6-4-5-16(13-18)15-25-11-2-1-3-12-25/h4-10,13-14H,1-3,11-12,15H2,(H,23,24,26). The summed E-state index contributed by atoms with van der Waals surface area (Å²) < 4.78 is 0. The third-order valence-electron chi connectivity index (χ3n) is 4.77. The van der Waals surface area contributed by atoms with Crippen molar-refractivity contribution in [1.82, 2.24) is 19.9 Å². The third kappa shape index (κ3) is 3.89. The fourth-order valence-corrected chi connectivity index (χ4v) is 3.46. The number of benzene rings is 1. The molecule has 5 heteroatoms. The van der Waals surface area contributed by atoms with E-state index < -0.39 is 0 Å². The quantitative estimate of drug-likeness (QED) is 0.785. The number of hydrogen-bond donors (Lipinski definition) is 1. The van der Waals surface area contributed by atoms with Gasteiger partial charge in [0.1, 0.15) is 5.82 Å². The lowest BCUT2D eigenvalue weighted by Crippen LogP contribution is -2.29. The maximum absolute atomic E-state index is 12.1. The summed E-state index contributed by atoms with van der Waals surface area (Å²) in [5.74, 6) is 0.602. The second-order valence-corrected chi connectivity index (χ2v) is 6.75. The summed E-state index contributed by atoms with van der Waals surface area (Å²) in [6.45, 7) is 3.27. The summed E-state index contributed by atoms with van der Waals surface area (Å²) in [6, 6.07) is 13.5. The fraction of sp³-hybridized carbons (Fsp3) is 0.286. The van der Waals surface area contributed by atoms with E-state index in [0.29, 0.717) is 11.5 Å². The van der Waals surface area contributed by atoms with Crippen LogP contribution in [0.5, 0.6) is 0 Å². The van der Waals surface area contributed by atoms with Gasteiger partial charge in [-0.1, -0.05) is 24.6 Å². The van der Waals surface area contributed by atoms with E-state index in [1.54, 1.807) is 12.4 Å². The number of nitrogens with one attached hydrogen (secondary N) is 1. The van der Waals surface area contributed by atoms with Gasteiger partial charge in [-0.25, -0.2) is 4.98 Å². The molecular weight excluding hydrogens is 324 g/mol. The van der Waals surface area contributed by atoms with Crippen LogP contribution in [0.2, 0.25) is 0 Å². The highest BCUT2D eigenvalue weighted by Crippen LogP contribution is 2.21. The molecule has 1 aliphatic rings. The monoisotopic (exact) mass is 346 g/mol. The van der Waals surface area contributed by atoms with Gasteiger partial charge in [0.15, 0.2) is 0 Å². The van der Waals surface area contributed by atoms with Crippen LogP contribution in [0.3, 0.4) is 0 Å². The van der Waals surface area contributed by atoms with Crippen LogP contribution in [-0.2, 0) is 6.54 Å². The van der Waals surface area contributed by atoms with Crippen molar-refractivity contribution in [1.29, 1.82) is 0 Å². The summed E-state index contributed by atoms with van der Waals surface area (Å²) in [5, 5.41) is 0. The van der Waals surface area contributed by atoms with Crippen molar-refractivity contribution in [3.63, 3.8) is 0 Å². The number of rotatable bonds is 4. The molecule has 1 fully saturated rings. The Kier molecular flexibility index (Phi) is 4.88. The number of piperidine rings is 1. The summed E-state index contributed by atoms with van der Waals surface area (Å²) in [5.41, 5.74) is 3.58. The first-order valence-corrected chi connectivity index (χ1v) is 9.11. The normalized spacial score (nSPS) is 15.1. The van der Waals surface area contributed by atoms with Gasteiger partial charge in [0, 0.05) is 36.1 Å². The first-order valence-electron chi connectivity index (χ1n) is 9.11. The van der Waals surface area contributed by atoms with Crippen LogP contribution in [0.25, 0.3) is 22.6 Å². The summed E-state index contributed by atoms with van der Waals surface area (Å²) in [6.07, 6.45) is 7.31. The van der Waals surface area contributed by atoms with Crippen LogP contribution in [0.1, 0.15) is 24.8 Å². The number of nitrogens with zero attached hydrogens (tertiary/aromatic N) is 3. The van der Waals surface area contributed by atoms with E-state index in [1.165, 1.54) is 30.9 Å². The molecule has 0 bridgehead atoms. The number of hydrogen-bond acceptors (Lipinski definition) is 4. The zero-order valence-electron chi connectivity index (χ0n) is 14.7. The molecule has 0 radical (unpaired) electrons. The molecule has 1 aliphatic heterocycles. The van der Waals surface area contributed by atoms with Crippen molar-refractivity contribution >= 4 is 0 Å². The first-order chi connectivity index (χ1) is 12.8. The van der Waals surface area contributed by atoms with Crippen molar-refractivity contribution in [2.24, 2.45) is 0 Å². The molecule has 1 saturated heterocycles. The Morgan fingerprint density at radius 1 is 0.962 bits per heavy atom. The summed E-state index contributed by atoms with van der Waals surface area (Å²) >= 11 is 0. The molecule has 0 aliphatic carbocycles. The van der Waals surface area contributed by atoms with Crippen LogP contribution in [-0.4, -0.2) is 32.9 Å². The number of aromatic amines is 1. The molecule has 4 rings (SSSR count). The number of aromatic nitrogens is 3. The summed E-state index contributed by atoms with van der Waals surface area (Å²) in [7, 11) is 0. The second kappa shape index (κ2) is 7.62. The highest BCUT2D eigenvalue weighted by molar-refractivity contribution is 5.63. The molecule has 5 nitrogen and oxygen atoms in total. The van der Waals surface area contributed by atoms with Gasteiger partial charge < -0.3 is 4.98 Å². The van der Waals surface area contributed by atoms with E-state index in [9.17, 15) is 4.79 Å². The molecule has 0 unspecified atom stereocenters. The van der Waals surface area contributed by atoms with Gasteiger partial charge in [-0.15, -0.1) is 0 Å². The van der Waals surface area contributed by atoms with Gasteiger partial charge in [-0.2, -0.15) is 0 Å². The average Bonchev–Trinajstić information content (AvgIpc) is 2.69. The molecular formula is C21H22N4O. The Hall–Kier alpha value is -2.79. The Morgan fingerprint density at radius 2 is 1.77 bits per heavy atom. The molecule has 0 atom stereocenters. The van der Waals surface area contributed by atoms with Gasteiger partial charge >= 0.3 is 0 Å². The Labute approximate surface area is 152 Å². The van der Waals surface area contributed by atoms with E-state index >= 15 is 0 Å². The van der Waals surface area contributed by atoms with Crippen LogP contribution < -0.4 is 5.56 Å². The SMILES string of the molecule is O=c1cc(-c2ccncc2)nc(-c2cccc(CN3CCCCC3)c2)[nH]1. The molecule has 1 aromatic carbocycles. The molecule has 26 heavy (non-hydrogen) atoms.